The van der Waals surface area contributed by atoms with Crippen molar-refractivity contribution in [3.05, 3.63) is 178 Å². The molecule has 2 bridgehead atoms. The van der Waals surface area contributed by atoms with E-state index < -0.39 is 11.9 Å². The third-order valence-corrected chi connectivity index (χ3v) is 9.67. The minimum absolute atomic E-state index is 0.139. The molecule has 0 fully saturated rings. The van der Waals surface area contributed by atoms with E-state index in [4.69, 9.17) is 9.47 Å². The normalized spacial score (nSPS) is 17.4. The van der Waals surface area contributed by atoms with E-state index in [9.17, 15) is 9.59 Å². The van der Waals surface area contributed by atoms with E-state index >= 15 is 0 Å². The van der Waals surface area contributed by atoms with Crippen LogP contribution in [0.4, 0.5) is 0 Å². The van der Waals surface area contributed by atoms with Crippen molar-refractivity contribution in [1.29, 1.82) is 0 Å². The summed E-state index contributed by atoms with van der Waals surface area (Å²) in [5, 5.41) is 3.50. The molecule has 0 aromatic heterocycles. The molecule has 0 N–H and O–H groups in total. The van der Waals surface area contributed by atoms with Gasteiger partial charge in [-0.05, 0) is 76.7 Å². The van der Waals surface area contributed by atoms with Crippen molar-refractivity contribution in [3.8, 4) is 11.5 Å². The van der Waals surface area contributed by atoms with Crippen molar-refractivity contribution in [2.24, 2.45) is 0 Å². The summed E-state index contributed by atoms with van der Waals surface area (Å²) >= 11 is 0. The Bertz CT molecular complexity index is 2300. The van der Waals surface area contributed by atoms with E-state index in [-0.39, 0.29) is 11.8 Å². The number of rotatable bonds is 4. The van der Waals surface area contributed by atoms with E-state index in [2.05, 4.69) is 60.7 Å². The van der Waals surface area contributed by atoms with Crippen LogP contribution in [0.3, 0.4) is 0 Å². The average molecular weight is 597 g/mol. The van der Waals surface area contributed by atoms with Gasteiger partial charge in [-0.3, -0.25) is 0 Å². The zero-order chi connectivity index (χ0) is 30.8. The zero-order valence-electron chi connectivity index (χ0n) is 24.9. The minimum Gasteiger partial charge on any atom is -0.422 e. The van der Waals surface area contributed by atoms with Gasteiger partial charge in [0.25, 0.3) is 0 Å². The van der Waals surface area contributed by atoms with E-state index in [1.807, 2.05) is 48.5 Å². The Hall–Kier alpha value is -5.74. The number of fused-ring (bicyclic) bond motifs is 2. The number of hydrogen-bond donors (Lipinski definition) is 0. The molecule has 4 aliphatic carbocycles. The zero-order valence-corrected chi connectivity index (χ0v) is 24.9. The molecular formula is C42H28O4. The summed E-state index contributed by atoms with van der Waals surface area (Å²) in [7, 11) is 0. The Labute approximate surface area is 266 Å². The molecule has 0 radical (unpaired) electrons. The van der Waals surface area contributed by atoms with Crippen molar-refractivity contribution in [3.63, 3.8) is 0 Å². The highest BCUT2D eigenvalue weighted by molar-refractivity contribution is 6.09. The molecule has 4 nitrogen and oxygen atoms in total. The Morgan fingerprint density at radius 2 is 1.04 bits per heavy atom. The number of carbonyl (C=O) groups excluding carboxylic acids is 2. The fourth-order valence-electron chi connectivity index (χ4n) is 7.72. The second kappa shape index (κ2) is 10.4. The second-order valence-corrected chi connectivity index (χ2v) is 12.2. The van der Waals surface area contributed by atoms with Crippen LogP contribution in [0.1, 0.15) is 67.6 Å². The highest BCUT2D eigenvalue weighted by atomic mass is 16.5. The number of benzene rings is 6. The number of allylic oxidation sites excluding steroid dienone is 4. The molecule has 4 aliphatic rings. The van der Waals surface area contributed by atoms with Crippen LogP contribution in [0.15, 0.2) is 145 Å². The van der Waals surface area contributed by atoms with Crippen molar-refractivity contribution in [1.82, 2.24) is 0 Å². The topological polar surface area (TPSA) is 52.6 Å². The van der Waals surface area contributed by atoms with Crippen LogP contribution >= 0.6 is 0 Å². The fraction of sp³-hybridized carbons (Fsp3) is 0.0952. The fourth-order valence-corrected chi connectivity index (χ4v) is 7.72. The van der Waals surface area contributed by atoms with Gasteiger partial charge in [-0.1, -0.05) is 103 Å². The summed E-state index contributed by atoms with van der Waals surface area (Å²) in [5.74, 6) is -0.0896. The highest BCUT2D eigenvalue weighted by Crippen LogP contribution is 2.63. The molecule has 6 aromatic carbocycles. The molecule has 0 saturated heterocycles. The van der Waals surface area contributed by atoms with Crippen LogP contribution in [0.5, 0.6) is 11.5 Å². The first-order chi connectivity index (χ1) is 22.7. The lowest BCUT2D eigenvalue weighted by Crippen LogP contribution is -2.30. The summed E-state index contributed by atoms with van der Waals surface area (Å²) in [6, 6.07) is 39.0. The van der Waals surface area contributed by atoms with Crippen molar-refractivity contribution in [2.45, 2.75) is 24.7 Å². The van der Waals surface area contributed by atoms with Gasteiger partial charge in [-0.25, -0.2) is 9.59 Å². The second-order valence-electron chi connectivity index (χ2n) is 12.2. The monoisotopic (exact) mass is 596 g/mol. The van der Waals surface area contributed by atoms with Gasteiger partial charge in [0.15, 0.2) is 0 Å². The molecule has 1 unspecified atom stereocenters. The van der Waals surface area contributed by atoms with E-state index in [1.165, 1.54) is 22.3 Å². The molecule has 46 heavy (non-hydrogen) atoms. The van der Waals surface area contributed by atoms with Gasteiger partial charge in [0.2, 0.25) is 0 Å². The van der Waals surface area contributed by atoms with E-state index in [0.717, 1.165) is 45.5 Å². The SMILES string of the molecule is O=C(Oc1c2c(c(OC(=O)c3ccccc3)c3cc4ccccc4cc13)[C@@H]1C3=C(C=CCC3)C2c2ccccc21)c1ccccc1. The van der Waals surface area contributed by atoms with Crippen LogP contribution in [0.25, 0.3) is 21.5 Å². The molecule has 0 amide bonds. The van der Waals surface area contributed by atoms with Gasteiger partial charge in [0.1, 0.15) is 11.5 Å². The third-order valence-electron chi connectivity index (χ3n) is 9.67. The average Bonchev–Trinajstić information content (AvgIpc) is 3.12. The standard InChI is InChI=1S/C42H28O4/c43-41(25-13-3-1-4-14-25)45-39-33-23-27-17-7-8-18-28(27)24-34(33)40(46-42(44)26-15-5-2-6-16-26)38-36-31-21-11-9-19-29(31)35(37(38)39)30-20-10-12-22-32(30)36/h1-11,13-21,23-24,35-36H,12,22H2/t35?,36-/m0/s1. The highest BCUT2D eigenvalue weighted by Gasteiger charge is 2.47. The molecule has 6 aromatic rings. The van der Waals surface area contributed by atoms with Crippen LogP contribution in [0, 0.1) is 0 Å². The van der Waals surface area contributed by atoms with Crippen molar-refractivity contribution < 1.29 is 19.1 Å². The molecule has 0 spiro atoms. The Balaban J connectivity index is 1.39. The maximum atomic E-state index is 13.9. The summed E-state index contributed by atoms with van der Waals surface area (Å²) in [6.45, 7) is 0. The molecule has 4 heteroatoms. The Morgan fingerprint density at radius 1 is 0.565 bits per heavy atom. The van der Waals surface area contributed by atoms with Gasteiger partial charge in [-0.15, -0.1) is 0 Å². The molecule has 220 valence electrons. The lowest BCUT2D eigenvalue weighted by Gasteiger charge is -2.45. The minimum atomic E-state index is -0.422. The first kappa shape index (κ1) is 26.6. The van der Waals surface area contributed by atoms with Gasteiger partial charge < -0.3 is 9.47 Å². The maximum absolute atomic E-state index is 13.9. The van der Waals surface area contributed by atoms with Crippen LogP contribution in [-0.4, -0.2) is 11.9 Å². The maximum Gasteiger partial charge on any atom is 0.343 e. The van der Waals surface area contributed by atoms with Crippen LogP contribution < -0.4 is 9.47 Å². The predicted molar refractivity (Wildman–Crippen MR) is 180 cm³/mol. The lowest BCUT2D eigenvalue weighted by molar-refractivity contribution is 0.0719. The smallest absolute Gasteiger partial charge is 0.343 e. The quantitative estimate of drug-likeness (QED) is 0.116. The van der Waals surface area contributed by atoms with Gasteiger partial charge in [0, 0.05) is 33.7 Å². The summed E-state index contributed by atoms with van der Waals surface area (Å²) in [4.78, 5) is 27.7. The van der Waals surface area contributed by atoms with Gasteiger partial charge in [-0.2, -0.15) is 0 Å². The van der Waals surface area contributed by atoms with Crippen molar-refractivity contribution >= 4 is 33.5 Å². The van der Waals surface area contributed by atoms with Crippen molar-refractivity contribution in [2.75, 3.05) is 0 Å². The first-order valence-electron chi connectivity index (χ1n) is 15.7. The largest absolute Gasteiger partial charge is 0.422 e. The Morgan fingerprint density at radius 3 is 1.61 bits per heavy atom. The summed E-state index contributed by atoms with van der Waals surface area (Å²) in [6.07, 6.45) is 6.36. The summed E-state index contributed by atoms with van der Waals surface area (Å²) in [5.41, 5.74) is 7.78. The Kier molecular flexibility index (Phi) is 6.04. The molecule has 0 saturated carbocycles. The number of esters is 2. The predicted octanol–water partition coefficient (Wildman–Crippen LogP) is 9.67. The summed E-state index contributed by atoms with van der Waals surface area (Å²) < 4.78 is 13.1. The van der Waals surface area contributed by atoms with E-state index in [1.54, 1.807) is 24.3 Å². The molecule has 2 atom stereocenters. The number of carbonyl (C=O) groups is 2. The number of hydrogen-bond acceptors (Lipinski definition) is 4. The molecule has 0 heterocycles. The number of ether oxygens (including phenoxy) is 2. The molecule has 0 aliphatic heterocycles. The molecule has 10 rings (SSSR count). The van der Waals surface area contributed by atoms with Crippen LogP contribution in [-0.2, 0) is 0 Å². The molecular weight excluding hydrogens is 568 g/mol. The van der Waals surface area contributed by atoms with Gasteiger partial charge >= 0.3 is 11.9 Å². The van der Waals surface area contributed by atoms with Crippen LogP contribution in [0.2, 0.25) is 0 Å². The van der Waals surface area contributed by atoms with E-state index in [0.29, 0.717) is 22.6 Å². The lowest BCUT2D eigenvalue weighted by atomic mass is 9.58. The van der Waals surface area contributed by atoms with Gasteiger partial charge in [0.05, 0.1) is 11.1 Å². The first-order valence-corrected chi connectivity index (χ1v) is 15.7. The third kappa shape index (κ3) is 4.00.